The molecule has 0 atom stereocenters. The van der Waals surface area contributed by atoms with Crippen LogP contribution in [-0.2, 0) is 27.9 Å². The van der Waals surface area contributed by atoms with Gasteiger partial charge in [-0.1, -0.05) is 42.5 Å². The minimum absolute atomic E-state index is 0.0569. The van der Waals surface area contributed by atoms with E-state index < -0.39 is 21.5 Å². The summed E-state index contributed by atoms with van der Waals surface area (Å²) in [4.78, 5) is 30.9. The summed E-state index contributed by atoms with van der Waals surface area (Å²) >= 11 is 0. The molecule has 4 aromatic rings. The number of nitrogens with zero attached hydrogens (tertiary/aromatic N) is 2. The number of amidine groups is 1. The Kier molecular flexibility index (Phi) is 8.91. The molecule has 4 rings (SSSR count). The van der Waals surface area contributed by atoms with Gasteiger partial charge in [-0.25, -0.2) is 13.4 Å². The fourth-order valence-electron chi connectivity index (χ4n) is 4.12. The van der Waals surface area contributed by atoms with Crippen molar-refractivity contribution >= 4 is 39.0 Å². The zero-order chi connectivity index (χ0) is 30.4. The highest BCUT2D eigenvalue weighted by atomic mass is 32.2. The van der Waals surface area contributed by atoms with Crippen molar-refractivity contribution in [3.8, 4) is 11.3 Å². The molecule has 0 saturated carbocycles. The summed E-state index contributed by atoms with van der Waals surface area (Å²) in [6, 6.07) is 19.2. The van der Waals surface area contributed by atoms with E-state index in [9.17, 15) is 18.0 Å². The van der Waals surface area contributed by atoms with Gasteiger partial charge >= 0.3 is 0 Å². The number of nitrogen functional groups attached to an aromatic ring is 2. The summed E-state index contributed by atoms with van der Waals surface area (Å²) in [6.07, 6.45) is 1.43. The second kappa shape index (κ2) is 12.6. The van der Waals surface area contributed by atoms with E-state index >= 15 is 0 Å². The topological polar surface area (TPSA) is 198 Å². The van der Waals surface area contributed by atoms with Crippen LogP contribution in [-0.4, -0.2) is 35.8 Å². The van der Waals surface area contributed by atoms with E-state index in [4.69, 9.17) is 16.9 Å². The smallest absolute Gasteiger partial charge is 0.294 e. The number of nitrogens with two attached hydrogens (primary N) is 2. The maximum absolute atomic E-state index is 13.5. The third-order valence-corrected chi connectivity index (χ3v) is 7.49. The number of carbonyl (C=O) groups is 1. The molecule has 8 N–H and O–H groups in total. The Bertz CT molecular complexity index is 1770. The summed E-state index contributed by atoms with van der Waals surface area (Å²) in [6.45, 7) is 3.56. The molecule has 0 unspecified atom stereocenters. The molecular weight excluding hydrogens is 556 g/mol. The van der Waals surface area contributed by atoms with Crippen LogP contribution < -0.4 is 32.4 Å². The third-order valence-electron chi connectivity index (χ3n) is 6.09. The number of rotatable bonds is 11. The fraction of sp³-hybridized carbons (Fsp3) is 0.172. The van der Waals surface area contributed by atoms with Gasteiger partial charge in [-0.15, -0.1) is 0 Å². The van der Waals surface area contributed by atoms with Crippen molar-refractivity contribution in [2.75, 3.05) is 15.8 Å². The highest BCUT2D eigenvalue weighted by Crippen LogP contribution is 2.27. The van der Waals surface area contributed by atoms with Gasteiger partial charge in [0.1, 0.15) is 12.4 Å². The van der Waals surface area contributed by atoms with Gasteiger partial charge in [0, 0.05) is 29.4 Å². The van der Waals surface area contributed by atoms with Crippen LogP contribution in [0.25, 0.3) is 11.3 Å². The van der Waals surface area contributed by atoms with Gasteiger partial charge in [0.05, 0.1) is 22.5 Å². The molecule has 0 aliphatic carbocycles. The van der Waals surface area contributed by atoms with E-state index in [0.717, 1.165) is 5.56 Å². The van der Waals surface area contributed by atoms with E-state index in [1.807, 2.05) is 13.8 Å². The average molecular weight is 589 g/mol. The maximum Gasteiger partial charge on any atom is 0.294 e. The molecule has 0 bridgehead atoms. The molecule has 0 saturated heterocycles. The van der Waals surface area contributed by atoms with E-state index in [0.29, 0.717) is 11.1 Å². The van der Waals surface area contributed by atoms with Gasteiger partial charge in [-0.2, -0.15) is 0 Å². The molecule has 0 aliphatic rings. The first kappa shape index (κ1) is 29.8. The molecule has 0 spiro atoms. The van der Waals surface area contributed by atoms with Crippen LogP contribution in [0.15, 0.2) is 88.7 Å². The lowest BCUT2D eigenvalue weighted by atomic mass is 10.1. The van der Waals surface area contributed by atoms with Crippen LogP contribution in [0.4, 0.5) is 17.2 Å². The Morgan fingerprint density at radius 3 is 2.38 bits per heavy atom. The number of hydrogen-bond acceptors (Lipinski definition) is 8. The number of aromatic nitrogens is 2. The van der Waals surface area contributed by atoms with Crippen molar-refractivity contribution in [2.24, 2.45) is 5.73 Å². The zero-order valence-electron chi connectivity index (χ0n) is 23.1. The molecule has 3 aromatic carbocycles. The van der Waals surface area contributed by atoms with E-state index in [2.05, 4.69) is 20.3 Å². The van der Waals surface area contributed by atoms with Gasteiger partial charge in [-0.3, -0.25) is 24.3 Å². The molecule has 0 radical (unpaired) electrons. The Balaban J connectivity index is 1.65. The largest absolute Gasteiger partial charge is 0.399 e. The number of anilines is 3. The quantitative estimate of drug-likeness (QED) is 0.0873. The van der Waals surface area contributed by atoms with Gasteiger partial charge in [0.2, 0.25) is 5.91 Å². The second-order valence-corrected chi connectivity index (χ2v) is 11.5. The van der Waals surface area contributed by atoms with E-state index in [1.54, 1.807) is 48.5 Å². The second-order valence-electron chi connectivity index (χ2n) is 9.83. The minimum Gasteiger partial charge on any atom is -0.399 e. The van der Waals surface area contributed by atoms with Crippen molar-refractivity contribution in [3.63, 3.8) is 0 Å². The number of sulfonamides is 1. The van der Waals surface area contributed by atoms with Crippen LogP contribution >= 0.6 is 0 Å². The summed E-state index contributed by atoms with van der Waals surface area (Å²) in [5.41, 5.74) is 13.5. The molecule has 0 aliphatic heterocycles. The number of hydrogen-bond donors (Lipinski definition) is 6. The average Bonchev–Trinajstić information content (AvgIpc) is 2.94. The highest BCUT2D eigenvalue weighted by Gasteiger charge is 2.18. The number of nitrogens with one attached hydrogen (secondary N) is 4. The van der Waals surface area contributed by atoms with Crippen molar-refractivity contribution in [1.82, 2.24) is 14.9 Å². The Morgan fingerprint density at radius 1 is 1.05 bits per heavy atom. The van der Waals surface area contributed by atoms with Gasteiger partial charge in [0.15, 0.2) is 5.82 Å². The first-order chi connectivity index (χ1) is 19.9. The molecular formula is C29H32N8O4S. The lowest BCUT2D eigenvalue weighted by Gasteiger charge is -2.17. The third kappa shape index (κ3) is 7.31. The maximum atomic E-state index is 13.5. The van der Waals surface area contributed by atoms with Crippen LogP contribution in [0.3, 0.4) is 0 Å². The van der Waals surface area contributed by atoms with Gasteiger partial charge < -0.3 is 22.1 Å². The zero-order valence-corrected chi connectivity index (χ0v) is 23.9. The highest BCUT2D eigenvalue weighted by molar-refractivity contribution is 7.92. The summed E-state index contributed by atoms with van der Waals surface area (Å²) in [7, 11) is -3.91. The predicted octanol–water partition coefficient (Wildman–Crippen LogP) is 2.71. The summed E-state index contributed by atoms with van der Waals surface area (Å²) < 4.78 is 29.6. The lowest BCUT2D eigenvalue weighted by molar-refractivity contribution is -0.121. The van der Waals surface area contributed by atoms with Gasteiger partial charge in [-0.05, 0) is 49.7 Å². The molecule has 12 nitrogen and oxygen atoms in total. The SMILES string of the molecule is CC(C)Nc1ncc(-c2cc(N)cc(NS(=O)(=O)c3ccccc3)c2)n(CC(=O)NCc2ccc(C(=N)N)cc2)c1=O. The first-order valence-electron chi connectivity index (χ1n) is 13.0. The van der Waals surface area contributed by atoms with E-state index in [-0.39, 0.29) is 52.7 Å². The monoisotopic (exact) mass is 588 g/mol. The van der Waals surface area contributed by atoms with Gasteiger partial charge in [0.25, 0.3) is 15.6 Å². The number of carbonyl (C=O) groups excluding carboxylic acids is 1. The molecule has 0 fully saturated rings. The molecule has 218 valence electrons. The van der Waals surface area contributed by atoms with Crippen LogP contribution in [0.1, 0.15) is 25.0 Å². The van der Waals surface area contributed by atoms with Crippen molar-refractivity contribution < 1.29 is 13.2 Å². The number of amides is 1. The molecule has 1 heterocycles. The minimum atomic E-state index is -3.91. The van der Waals surface area contributed by atoms with Crippen molar-refractivity contribution in [1.29, 1.82) is 5.41 Å². The Hall–Kier alpha value is -5.17. The summed E-state index contributed by atoms with van der Waals surface area (Å²) in [5, 5.41) is 13.3. The fourth-order valence-corrected chi connectivity index (χ4v) is 5.18. The van der Waals surface area contributed by atoms with Crippen LogP contribution in [0.5, 0.6) is 0 Å². The Morgan fingerprint density at radius 2 is 1.74 bits per heavy atom. The normalized spacial score (nSPS) is 11.2. The standard InChI is InChI=1S/C29H32N8O4S/c1-18(2)35-28-29(39)37(17-26(38)33-15-19-8-10-20(11-9-19)27(31)32)25(16-34-28)21-12-22(30)14-23(13-21)36-42(40,41)24-6-4-3-5-7-24/h3-14,16,18,36H,15,17,30H2,1-2H3,(H3,31,32)(H,33,38)(H,34,35). The lowest BCUT2D eigenvalue weighted by Crippen LogP contribution is -2.35. The Labute approximate surface area is 243 Å². The van der Waals surface area contributed by atoms with Crippen molar-refractivity contribution in [3.05, 3.63) is 100 Å². The molecule has 42 heavy (non-hydrogen) atoms. The summed E-state index contributed by atoms with van der Waals surface area (Å²) in [5.74, 6) is -0.432. The first-order valence-corrected chi connectivity index (χ1v) is 14.5. The van der Waals surface area contributed by atoms with Crippen LogP contribution in [0.2, 0.25) is 0 Å². The van der Waals surface area contributed by atoms with Crippen LogP contribution in [0, 0.1) is 5.41 Å². The predicted molar refractivity (Wildman–Crippen MR) is 164 cm³/mol. The van der Waals surface area contributed by atoms with Crippen molar-refractivity contribution in [2.45, 2.75) is 37.9 Å². The number of benzene rings is 3. The van der Waals surface area contributed by atoms with E-state index in [1.165, 1.54) is 35.0 Å². The molecule has 13 heteroatoms. The molecule has 1 amide bonds. The molecule has 1 aromatic heterocycles.